The summed E-state index contributed by atoms with van der Waals surface area (Å²) in [7, 11) is 0. The molecule has 2 aromatic carbocycles. The van der Waals surface area contributed by atoms with Crippen LogP contribution in [0.2, 0.25) is 0 Å². The van der Waals surface area contributed by atoms with Crippen LogP contribution in [0, 0.1) is 5.92 Å². The second kappa shape index (κ2) is 9.39. The topological polar surface area (TPSA) is 38.8 Å². The van der Waals surface area contributed by atoms with Crippen LogP contribution < -0.4 is 4.74 Å². The van der Waals surface area contributed by atoms with Gasteiger partial charge < -0.3 is 14.4 Å². The van der Waals surface area contributed by atoms with Crippen molar-refractivity contribution in [1.29, 1.82) is 0 Å². The Hall–Kier alpha value is -2.33. The van der Waals surface area contributed by atoms with E-state index in [-0.39, 0.29) is 5.91 Å². The minimum absolute atomic E-state index is 0.0671. The van der Waals surface area contributed by atoms with Gasteiger partial charge in [-0.05, 0) is 43.4 Å². The van der Waals surface area contributed by atoms with Gasteiger partial charge in [0.2, 0.25) is 0 Å². The van der Waals surface area contributed by atoms with E-state index in [4.69, 9.17) is 9.47 Å². The molecule has 1 fully saturated rings. The number of para-hydroxylation sites is 1. The fourth-order valence-electron chi connectivity index (χ4n) is 3.25. The summed E-state index contributed by atoms with van der Waals surface area (Å²) in [6.07, 6.45) is 1.51. The average molecular weight is 353 g/mol. The smallest absolute Gasteiger partial charge is 0.263 e. The maximum atomic E-state index is 12.6. The van der Waals surface area contributed by atoms with Gasteiger partial charge in [0.1, 0.15) is 5.75 Å². The van der Waals surface area contributed by atoms with Gasteiger partial charge in [-0.1, -0.05) is 48.5 Å². The first-order valence-electron chi connectivity index (χ1n) is 9.34. The molecule has 1 aliphatic rings. The quantitative estimate of drug-likeness (QED) is 0.757. The van der Waals surface area contributed by atoms with E-state index in [1.807, 2.05) is 60.4 Å². The fraction of sp³-hybridized carbons (Fsp3) is 0.409. The van der Waals surface area contributed by atoms with Crippen LogP contribution >= 0.6 is 0 Å². The Morgan fingerprint density at radius 3 is 2.31 bits per heavy atom. The van der Waals surface area contributed by atoms with Gasteiger partial charge in [0.05, 0.1) is 6.61 Å². The summed E-state index contributed by atoms with van der Waals surface area (Å²) in [5, 5.41) is 0. The van der Waals surface area contributed by atoms with E-state index >= 15 is 0 Å². The zero-order valence-corrected chi connectivity index (χ0v) is 15.3. The molecular weight excluding hydrogens is 326 g/mol. The zero-order chi connectivity index (χ0) is 18.2. The van der Waals surface area contributed by atoms with Gasteiger partial charge in [-0.2, -0.15) is 0 Å². The molecule has 0 aromatic heterocycles. The molecule has 0 saturated carbocycles. The summed E-state index contributed by atoms with van der Waals surface area (Å²) in [5.41, 5.74) is 1.20. The maximum Gasteiger partial charge on any atom is 0.263 e. The SMILES string of the molecule is CC(Oc1ccccc1)C(=O)N1CCC(COCc2ccccc2)CC1. The fourth-order valence-corrected chi connectivity index (χ4v) is 3.25. The molecule has 1 atom stereocenters. The van der Waals surface area contributed by atoms with Crippen molar-refractivity contribution < 1.29 is 14.3 Å². The Balaban J connectivity index is 1.38. The maximum absolute atomic E-state index is 12.6. The summed E-state index contributed by atoms with van der Waals surface area (Å²) >= 11 is 0. The highest BCUT2D eigenvalue weighted by molar-refractivity contribution is 5.81. The Kier molecular flexibility index (Phi) is 6.67. The predicted molar refractivity (Wildman–Crippen MR) is 102 cm³/mol. The first-order chi connectivity index (χ1) is 12.7. The molecule has 1 heterocycles. The van der Waals surface area contributed by atoms with E-state index in [0.29, 0.717) is 12.5 Å². The third-order valence-electron chi connectivity index (χ3n) is 4.80. The number of rotatable bonds is 7. The number of amides is 1. The lowest BCUT2D eigenvalue weighted by Gasteiger charge is -2.33. The lowest BCUT2D eigenvalue weighted by atomic mass is 9.97. The van der Waals surface area contributed by atoms with Crippen molar-refractivity contribution in [3.05, 3.63) is 66.2 Å². The number of carbonyl (C=O) groups is 1. The minimum atomic E-state index is -0.455. The molecule has 0 spiro atoms. The van der Waals surface area contributed by atoms with E-state index in [0.717, 1.165) is 38.3 Å². The Morgan fingerprint density at radius 2 is 1.65 bits per heavy atom. The molecule has 26 heavy (non-hydrogen) atoms. The minimum Gasteiger partial charge on any atom is -0.481 e. The lowest BCUT2D eigenvalue weighted by Crippen LogP contribution is -2.45. The van der Waals surface area contributed by atoms with E-state index in [2.05, 4.69) is 12.1 Å². The Bertz CT molecular complexity index is 666. The Labute approximate surface area is 155 Å². The van der Waals surface area contributed by atoms with Gasteiger partial charge in [-0.15, -0.1) is 0 Å². The molecule has 138 valence electrons. The number of benzene rings is 2. The van der Waals surface area contributed by atoms with E-state index < -0.39 is 6.10 Å². The van der Waals surface area contributed by atoms with Crippen molar-refractivity contribution in [2.75, 3.05) is 19.7 Å². The number of ether oxygens (including phenoxy) is 2. The molecule has 0 N–H and O–H groups in total. The van der Waals surface area contributed by atoms with Crippen molar-refractivity contribution >= 4 is 5.91 Å². The normalized spacial score (nSPS) is 16.3. The van der Waals surface area contributed by atoms with Crippen LogP contribution in [0.15, 0.2) is 60.7 Å². The average Bonchev–Trinajstić information content (AvgIpc) is 2.69. The lowest BCUT2D eigenvalue weighted by molar-refractivity contribution is -0.139. The molecule has 2 aromatic rings. The molecule has 4 heteroatoms. The zero-order valence-electron chi connectivity index (χ0n) is 15.3. The van der Waals surface area contributed by atoms with Gasteiger partial charge in [0.15, 0.2) is 6.10 Å². The van der Waals surface area contributed by atoms with Crippen molar-refractivity contribution in [3.63, 3.8) is 0 Å². The molecular formula is C22H27NO3. The third-order valence-corrected chi connectivity index (χ3v) is 4.80. The van der Waals surface area contributed by atoms with Crippen LogP contribution in [-0.4, -0.2) is 36.6 Å². The molecule has 3 rings (SSSR count). The number of likely N-dealkylation sites (tertiary alicyclic amines) is 1. The largest absolute Gasteiger partial charge is 0.481 e. The molecule has 1 amide bonds. The summed E-state index contributed by atoms with van der Waals surface area (Å²) in [6.45, 7) is 4.79. The van der Waals surface area contributed by atoms with Gasteiger partial charge in [0.25, 0.3) is 5.91 Å². The number of piperidine rings is 1. The second-order valence-electron chi connectivity index (χ2n) is 6.84. The molecule has 4 nitrogen and oxygen atoms in total. The molecule has 1 aliphatic heterocycles. The monoisotopic (exact) mass is 353 g/mol. The highest BCUT2D eigenvalue weighted by atomic mass is 16.5. The molecule has 1 unspecified atom stereocenters. The van der Waals surface area contributed by atoms with Crippen LogP contribution in [0.5, 0.6) is 5.75 Å². The molecule has 0 aliphatic carbocycles. The van der Waals surface area contributed by atoms with E-state index in [9.17, 15) is 4.79 Å². The van der Waals surface area contributed by atoms with Crippen molar-refractivity contribution in [2.24, 2.45) is 5.92 Å². The number of hydrogen-bond acceptors (Lipinski definition) is 3. The number of nitrogens with zero attached hydrogens (tertiary/aromatic N) is 1. The van der Waals surface area contributed by atoms with Crippen molar-refractivity contribution in [3.8, 4) is 5.75 Å². The highest BCUT2D eigenvalue weighted by Crippen LogP contribution is 2.20. The van der Waals surface area contributed by atoms with Crippen LogP contribution in [0.25, 0.3) is 0 Å². The highest BCUT2D eigenvalue weighted by Gasteiger charge is 2.27. The number of hydrogen-bond donors (Lipinski definition) is 0. The predicted octanol–water partition coefficient (Wildman–Crippen LogP) is 3.91. The van der Waals surface area contributed by atoms with Crippen LogP contribution in [0.1, 0.15) is 25.3 Å². The van der Waals surface area contributed by atoms with E-state index in [1.165, 1.54) is 5.56 Å². The van der Waals surface area contributed by atoms with E-state index in [1.54, 1.807) is 0 Å². The van der Waals surface area contributed by atoms with Crippen LogP contribution in [0.4, 0.5) is 0 Å². The third kappa shape index (κ3) is 5.33. The first kappa shape index (κ1) is 18.5. The van der Waals surface area contributed by atoms with Gasteiger partial charge in [0, 0.05) is 19.7 Å². The summed E-state index contributed by atoms with van der Waals surface area (Å²) in [4.78, 5) is 14.5. The molecule has 0 radical (unpaired) electrons. The molecule has 1 saturated heterocycles. The van der Waals surface area contributed by atoms with Crippen molar-refractivity contribution in [2.45, 2.75) is 32.5 Å². The second-order valence-corrected chi connectivity index (χ2v) is 6.84. The van der Waals surface area contributed by atoms with Crippen molar-refractivity contribution in [1.82, 2.24) is 4.90 Å². The van der Waals surface area contributed by atoms with Gasteiger partial charge in [-0.25, -0.2) is 0 Å². The molecule has 0 bridgehead atoms. The van der Waals surface area contributed by atoms with Crippen LogP contribution in [-0.2, 0) is 16.1 Å². The standard InChI is InChI=1S/C22H27NO3/c1-18(26-21-10-6-3-7-11-21)22(24)23-14-12-20(13-15-23)17-25-16-19-8-4-2-5-9-19/h2-11,18,20H,12-17H2,1H3. The van der Waals surface area contributed by atoms with Gasteiger partial charge >= 0.3 is 0 Å². The summed E-state index contributed by atoms with van der Waals surface area (Å²) in [6, 6.07) is 19.7. The summed E-state index contributed by atoms with van der Waals surface area (Å²) in [5.74, 6) is 1.32. The summed E-state index contributed by atoms with van der Waals surface area (Å²) < 4.78 is 11.6. The first-order valence-corrected chi connectivity index (χ1v) is 9.34. The van der Waals surface area contributed by atoms with Gasteiger partial charge in [-0.3, -0.25) is 4.79 Å². The van der Waals surface area contributed by atoms with Crippen LogP contribution in [0.3, 0.4) is 0 Å². The number of carbonyl (C=O) groups excluding carboxylic acids is 1. The Morgan fingerprint density at radius 1 is 1.04 bits per heavy atom.